The lowest BCUT2D eigenvalue weighted by molar-refractivity contribution is -0.0514. The summed E-state index contributed by atoms with van der Waals surface area (Å²) in [6.07, 6.45) is -0.520. The van der Waals surface area contributed by atoms with Crippen LogP contribution in [0.3, 0.4) is 0 Å². The molecule has 4 rings (SSSR count). The molecule has 0 bridgehead atoms. The number of anilines is 1. The van der Waals surface area contributed by atoms with Gasteiger partial charge in [0.2, 0.25) is 5.95 Å². The van der Waals surface area contributed by atoms with Crippen LogP contribution < -0.4 is 20.5 Å². The number of fused-ring (bicyclic) bond motifs is 3. The van der Waals surface area contributed by atoms with E-state index in [1.165, 1.54) is 6.07 Å². The Bertz CT molecular complexity index is 1020. The zero-order valence-corrected chi connectivity index (χ0v) is 14.4. The van der Waals surface area contributed by atoms with Crippen LogP contribution in [-0.2, 0) is 0 Å². The number of aliphatic imine (C=N–C) groups is 1. The SMILES string of the molecule is CCOc1cc([C@@H]2N=C(N)Nc3nc4ccccc4n32)ccc1OC(F)F. The van der Waals surface area contributed by atoms with Gasteiger partial charge in [0.25, 0.3) is 0 Å². The normalized spacial score (nSPS) is 16.0. The highest BCUT2D eigenvalue weighted by Crippen LogP contribution is 2.37. The molecule has 0 unspecified atom stereocenters. The molecule has 2 aromatic carbocycles. The van der Waals surface area contributed by atoms with E-state index >= 15 is 0 Å². The van der Waals surface area contributed by atoms with Crippen LogP contribution in [0.15, 0.2) is 47.5 Å². The number of guanidine groups is 1. The summed E-state index contributed by atoms with van der Waals surface area (Å²) >= 11 is 0. The number of alkyl halides is 2. The fourth-order valence-electron chi connectivity index (χ4n) is 3.09. The number of benzene rings is 2. The molecule has 2 heterocycles. The van der Waals surface area contributed by atoms with Gasteiger partial charge in [-0.25, -0.2) is 9.98 Å². The van der Waals surface area contributed by atoms with Crippen molar-refractivity contribution in [2.75, 3.05) is 11.9 Å². The fraction of sp³-hybridized carbons (Fsp3) is 0.222. The Hall–Kier alpha value is -3.36. The number of hydrogen-bond donors (Lipinski definition) is 2. The van der Waals surface area contributed by atoms with Gasteiger partial charge in [-0.1, -0.05) is 18.2 Å². The quantitative estimate of drug-likeness (QED) is 0.716. The molecule has 1 aromatic heterocycles. The number of aromatic nitrogens is 2. The van der Waals surface area contributed by atoms with Gasteiger partial charge in [-0.15, -0.1) is 0 Å². The molecule has 3 N–H and O–H groups in total. The number of halogens is 2. The first-order valence-electron chi connectivity index (χ1n) is 8.35. The summed E-state index contributed by atoms with van der Waals surface area (Å²) in [6, 6.07) is 12.3. The zero-order chi connectivity index (χ0) is 19.0. The Balaban J connectivity index is 1.83. The van der Waals surface area contributed by atoms with E-state index in [0.717, 1.165) is 11.0 Å². The van der Waals surface area contributed by atoms with E-state index in [1.807, 2.05) is 28.8 Å². The fourth-order valence-corrected chi connectivity index (χ4v) is 3.09. The smallest absolute Gasteiger partial charge is 0.387 e. The maximum atomic E-state index is 12.6. The second-order valence-corrected chi connectivity index (χ2v) is 5.82. The first-order chi connectivity index (χ1) is 13.1. The van der Waals surface area contributed by atoms with Gasteiger partial charge in [0, 0.05) is 5.56 Å². The van der Waals surface area contributed by atoms with Crippen LogP contribution >= 0.6 is 0 Å². The zero-order valence-electron chi connectivity index (χ0n) is 14.4. The van der Waals surface area contributed by atoms with Crippen molar-refractivity contribution in [3.8, 4) is 11.5 Å². The van der Waals surface area contributed by atoms with E-state index in [1.54, 1.807) is 19.1 Å². The van der Waals surface area contributed by atoms with E-state index < -0.39 is 12.8 Å². The monoisotopic (exact) mass is 373 g/mol. The van der Waals surface area contributed by atoms with Crippen LogP contribution in [-0.4, -0.2) is 28.7 Å². The van der Waals surface area contributed by atoms with Crippen molar-refractivity contribution in [1.82, 2.24) is 9.55 Å². The largest absolute Gasteiger partial charge is 0.490 e. The van der Waals surface area contributed by atoms with Crippen LogP contribution in [0.4, 0.5) is 14.7 Å². The van der Waals surface area contributed by atoms with Crippen molar-refractivity contribution in [3.05, 3.63) is 48.0 Å². The maximum Gasteiger partial charge on any atom is 0.387 e. The number of nitrogens with one attached hydrogen (secondary N) is 1. The molecular weight excluding hydrogens is 356 g/mol. The molecule has 0 amide bonds. The minimum atomic E-state index is -2.94. The Kier molecular flexibility index (Phi) is 4.27. The van der Waals surface area contributed by atoms with Gasteiger partial charge in [-0.3, -0.25) is 9.88 Å². The lowest BCUT2D eigenvalue weighted by Crippen LogP contribution is -2.31. The minimum absolute atomic E-state index is 0.0304. The van der Waals surface area contributed by atoms with Crippen LogP contribution in [0, 0.1) is 0 Å². The van der Waals surface area contributed by atoms with Gasteiger partial charge in [-0.2, -0.15) is 8.78 Å². The summed E-state index contributed by atoms with van der Waals surface area (Å²) in [5.41, 5.74) is 8.28. The molecular formula is C18H17F2N5O2. The van der Waals surface area contributed by atoms with E-state index in [2.05, 4.69) is 20.0 Å². The Labute approximate surface area is 153 Å². The second-order valence-electron chi connectivity index (χ2n) is 5.82. The third-order valence-corrected chi connectivity index (χ3v) is 4.12. The van der Waals surface area contributed by atoms with E-state index in [9.17, 15) is 8.78 Å². The number of rotatable bonds is 5. The lowest BCUT2D eigenvalue weighted by atomic mass is 10.1. The van der Waals surface area contributed by atoms with Gasteiger partial charge in [0.15, 0.2) is 23.6 Å². The van der Waals surface area contributed by atoms with Gasteiger partial charge < -0.3 is 15.2 Å². The highest BCUT2D eigenvalue weighted by atomic mass is 19.3. The predicted octanol–water partition coefficient (Wildman–Crippen LogP) is 3.32. The van der Waals surface area contributed by atoms with Crippen molar-refractivity contribution in [2.24, 2.45) is 10.7 Å². The molecule has 3 aromatic rings. The second kappa shape index (κ2) is 6.75. The summed E-state index contributed by atoms with van der Waals surface area (Å²) < 4.78 is 37.2. The molecule has 0 aliphatic carbocycles. The molecule has 0 saturated heterocycles. The summed E-state index contributed by atoms with van der Waals surface area (Å²) in [5, 5.41) is 2.95. The third-order valence-electron chi connectivity index (χ3n) is 4.12. The van der Waals surface area contributed by atoms with E-state index in [0.29, 0.717) is 18.1 Å². The van der Waals surface area contributed by atoms with Gasteiger partial charge >= 0.3 is 6.61 Å². The van der Waals surface area contributed by atoms with Crippen LogP contribution in [0.5, 0.6) is 11.5 Å². The lowest BCUT2D eigenvalue weighted by Gasteiger charge is -2.24. The molecule has 27 heavy (non-hydrogen) atoms. The molecule has 0 spiro atoms. The predicted molar refractivity (Wildman–Crippen MR) is 97.4 cm³/mol. The number of ether oxygens (including phenoxy) is 2. The molecule has 0 saturated carbocycles. The van der Waals surface area contributed by atoms with Crippen LogP contribution in [0.2, 0.25) is 0 Å². The molecule has 9 heteroatoms. The molecule has 1 aliphatic heterocycles. The van der Waals surface area contributed by atoms with Gasteiger partial charge in [0.1, 0.15) is 0 Å². The van der Waals surface area contributed by atoms with E-state index in [-0.39, 0.29) is 17.5 Å². The number of nitrogens with two attached hydrogens (primary N) is 1. The van der Waals surface area contributed by atoms with Crippen molar-refractivity contribution in [2.45, 2.75) is 19.7 Å². The summed E-state index contributed by atoms with van der Waals surface area (Å²) in [4.78, 5) is 9.00. The molecule has 7 nitrogen and oxygen atoms in total. The van der Waals surface area contributed by atoms with Gasteiger partial charge in [-0.05, 0) is 31.2 Å². The standard InChI is InChI=1S/C18H17F2N5O2/c1-2-26-14-9-10(7-8-13(14)27-16(19)20)15-23-17(21)24-18-22-11-5-3-4-6-12(11)25(15)18/h3-9,15-16H,2H2,1H3,(H3,21,22,23,24)/t15-/m1/s1. The Morgan fingerprint density at radius 2 is 2.04 bits per heavy atom. The van der Waals surface area contributed by atoms with Crippen molar-refractivity contribution in [1.29, 1.82) is 0 Å². The molecule has 1 aliphatic rings. The minimum Gasteiger partial charge on any atom is -0.490 e. The van der Waals surface area contributed by atoms with Crippen molar-refractivity contribution < 1.29 is 18.3 Å². The number of nitrogens with zero attached hydrogens (tertiary/aromatic N) is 3. The average molecular weight is 373 g/mol. The van der Waals surface area contributed by atoms with Crippen LogP contribution in [0.25, 0.3) is 11.0 Å². The Morgan fingerprint density at radius 3 is 2.81 bits per heavy atom. The molecule has 1 atom stereocenters. The number of para-hydroxylation sites is 2. The third kappa shape index (κ3) is 3.12. The summed E-state index contributed by atoms with van der Waals surface area (Å²) in [7, 11) is 0. The highest BCUT2D eigenvalue weighted by molar-refractivity contribution is 5.94. The summed E-state index contributed by atoms with van der Waals surface area (Å²) in [5.74, 6) is 0.957. The first kappa shape index (κ1) is 17.1. The molecule has 0 fully saturated rings. The first-order valence-corrected chi connectivity index (χ1v) is 8.35. The van der Waals surface area contributed by atoms with E-state index in [4.69, 9.17) is 10.5 Å². The topological polar surface area (TPSA) is 86.7 Å². The molecule has 0 radical (unpaired) electrons. The number of hydrogen-bond acceptors (Lipinski definition) is 6. The average Bonchev–Trinajstić information content (AvgIpc) is 3.00. The Morgan fingerprint density at radius 1 is 1.22 bits per heavy atom. The van der Waals surface area contributed by atoms with Crippen molar-refractivity contribution in [3.63, 3.8) is 0 Å². The number of imidazole rings is 1. The van der Waals surface area contributed by atoms with Gasteiger partial charge in [0.05, 0.1) is 17.6 Å². The van der Waals surface area contributed by atoms with Crippen LogP contribution in [0.1, 0.15) is 18.7 Å². The maximum absolute atomic E-state index is 12.6. The summed E-state index contributed by atoms with van der Waals surface area (Å²) in [6.45, 7) is -0.868. The molecule has 140 valence electrons. The van der Waals surface area contributed by atoms with Crippen molar-refractivity contribution >= 4 is 22.9 Å². The highest BCUT2D eigenvalue weighted by Gasteiger charge is 2.26.